The summed E-state index contributed by atoms with van der Waals surface area (Å²) in [6.45, 7) is 5.86. The van der Waals surface area contributed by atoms with Crippen molar-refractivity contribution in [2.45, 2.75) is 51.7 Å². The largest absolute Gasteiger partial charge is 0.343 e. The Kier molecular flexibility index (Phi) is 2.44. The number of carbonyl (C=O) groups is 2. The Bertz CT molecular complexity index is 303. The van der Waals surface area contributed by atoms with Crippen molar-refractivity contribution in [1.29, 1.82) is 0 Å². The molecule has 84 valence electrons. The van der Waals surface area contributed by atoms with Gasteiger partial charge < -0.3 is 10.2 Å². The zero-order chi connectivity index (χ0) is 11.2. The molecule has 4 unspecified atom stereocenters. The zero-order valence-electron chi connectivity index (χ0n) is 9.49. The second-order valence-electron chi connectivity index (χ2n) is 4.67. The number of nitrogens with one attached hydrogen (secondary N) is 1. The predicted octanol–water partition coefficient (Wildman–Crippen LogP) is 0.520. The SMILES string of the molecule is CCC1NC(=O)C(C)N(C2CC2C)C1=O. The summed E-state index contributed by atoms with van der Waals surface area (Å²) in [7, 11) is 0. The molecule has 1 heterocycles. The van der Waals surface area contributed by atoms with Crippen LogP contribution >= 0.6 is 0 Å². The normalized spacial score (nSPS) is 40.3. The fourth-order valence-corrected chi connectivity index (χ4v) is 2.27. The van der Waals surface area contributed by atoms with Gasteiger partial charge >= 0.3 is 0 Å². The molecule has 0 radical (unpaired) electrons. The van der Waals surface area contributed by atoms with Gasteiger partial charge in [-0.2, -0.15) is 0 Å². The van der Waals surface area contributed by atoms with E-state index in [0.717, 1.165) is 6.42 Å². The van der Waals surface area contributed by atoms with Crippen LogP contribution in [0, 0.1) is 5.92 Å². The molecular weight excluding hydrogens is 192 g/mol. The molecule has 0 bridgehead atoms. The minimum absolute atomic E-state index is 0.0134. The van der Waals surface area contributed by atoms with Crippen molar-refractivity contribution < 1.29 is 9.59 Å². The third-order valence-electron chi connectivity index (χ3n) is 3.50. The molecule has 1 saturated carbocycles. The Morgan fingerprint density at radius 1 is 1.40 bits per heavy atom. The highest BCUT2D eigenvalue weighted by molar-refractivity contribution is 5.97. The maximum absolute atomic E-state index is 12.1. The second-order valence-corrected chi connectivity index (χ2v) is 4.67. The first-order valence-corrected chi connectivity index (χ1v) is 5.68. The molecule has 1 saturated heterocycles. The van der Waals surface area contributed by atoms with E-state index in [-0.39, 0.29) is 23.9 Å². The molecule has 15 heavy (non-hydrogen) atoms. The van der Waals surface area contributed by atoms with Gasteiger partial charge in [0.15, 0.2) is 0 Å². The lowest BCUT2D eigenvalue weighted by Gasteiger charge is -2.37. The van der Waals surface area contributed by atoms with Crippen LogP contribution in [-0.2, 0) is 9.59 Å². The van der Waals surface area contributed by atoms with Crippen molar-refractivity contribution in [3.8, 4) is 0 Å². The van der Waals surface area contributed by atoms with Crippen LogP contribution in [0.5, 0.6) is 0 Å². The minimum atomic E-state index is -0.304. The van der Waals surface area contributed by atoms with Gasteiger partial charge in [0, 0.05) is 6.04 Å². The molecule has 1 aliphatic carbocycles. The molecule has 0 aromatic rings. The van der Waals surface area contributed by atoms with Crippen molar-refractivity contribution in [3.63, 3.8) is 0 Å². The summed E-state index contributed by atoms with van der Waals surface area (Å²) in [6.07, 6.45) is 1.72. The van der Waals surface area contributed by atoms with Crippen LogP contribution in [0.25, 0.3) is 0 Å². The van der Waals surface area contributed by atoms with Crippen LogP contribution in [0.15, 0.2) is 0 Å². The van der Waals surface area contributed by atoms with E-state index >= 15 is 0 Å². The molecule has 4 nitrogen and oxygen atoms in total. The summed E-state index contributed by atoms with van der Waals surface area (Å²) in [4.78, 5) is 25.5. The van der Waals surface area contributed by atoms with E-state index in [1.165, 1.54) is 0 Å². The number of rotatable bonds is 2. The summed E-state index contributed by atoms with van der Waals surface area (Å²) in [5.74, 6) is 0.638. The maximum Gasteiger partial charge on any atom is 0.246 e. The Hall–Kier alpha value is -1.06. The van der Waals surface area contributed by atoms with Gasteiger partial charge in [0.1, 0.15) is 12.1 Å². The van der Waals surface area contributed by atoms with E-state index in [1.54, 1.807) is 4.90 Å². The molecule has 4 atom stereocenters. The number of hydrogen-bond donors (Lipinski definition) is 1. The van der Waals surface area contributed by atoms with Gasteiger partial charge in [-0.25, -0.2) is 0 Å². The predicted molar refractivity (Wildman–Crippen MR) is 56.1 cm³/mol. The topological polar surface area (TPSA) is 49.4 Å². The van der Waals surface area contributed by atoms with Gasteiger partial charge in [-0.15, -0.1) is 0 Å². The third kappa shape index (κ3) is 1.62. The Morgan fingerprint density at radius 2 is 2.00 bits per heavy atom. The number of nitrogens with zero attached hydrogens (tertiary/aromatic N) is 1. The lowest BCUT2D eigenvalue weighted by molar-refractivity contribution is -0.149. The Labute approximate surface area is 90.0 Å². The highest BCUT2D eigenvalue weighted by atomic mass is 16.2. The molecule has 4 heteroatoms. The maximum atomic E-state index is 12.1. The molecule has 2 rings (SSSR count). The highest BCUT2D eigenvalue weighted by Gasteiger charge is 2.48. The Balaban J connectivity index is 2.17. The van der Waals surface area contributed by atoms with E-state index in [1.807, 2.05) is 13.8 Å². The summed E-state index contributed by atoms with van der Waals surface area (Å²) >= 11 is 0. The van der Waals surface area contributed by atoms with Crippen molar-refractivity contribution in [2.75, 3.05) is 0 Å². The Morgan fingerprint density at radius 3 is 2.47 bits per heavy atom. The standard InChI is InChI=1S/C11H18N2O2/c1-4-8-11(15)13(9-5-6(9)2)7(3)10(14)12-8/h6-9H,4-5H2,1-3H3,(H,12,14). The number of hydrogen-bond acceptors (Lipinski definition) is 2. The van der Waals surface area contributed by atoms with Crippen LogP contribution < -0.4 is 5.32 Å². The first-order valence-electron chi connectivity index (χ1n) is 5.68. The first kappa shape index (κ1) is 10.5. The average Bonchev–Trinajstić information content (AvgIpc) is 2.89. The monoisotopic (exact) mass is 210 g/mol. The lowest BCUT2D eigenvalue weighted by Crippen LogP contribution is -2.63. The smallest absolute Gasteiger partial charge is 0.246 e. The first-order chi connectivity index (χ1) is 7.06. The fourth-order valence-electron chi connectivity index (χ4n) is 2.27. The molecule has 2 fully saturated rings. The second kappa shape index (κ2) is 3.51. The third-order valence-corrected chi connectivity index (χ3v) is 3.50. The van der Waals surface area contributed by atoms with Crippen molar-refractivity contribution in [2.24, 2.45) is 5.92 Å². The summed E-state index contributed by atoms with van der Waals surface area (Å²) in [5.41, 5.74) is 0. The van der Waals surface area contributed by atoms with Gasteiger partial charge in [-0.3, -0.25) is 9.59 Å². The quantitative estimate of drug-likeness (QED) is 0.722. The van der Waals surface area contributed by atoms with Crippen LogP contribution in [0.1, 0.15) is 33.6 Å². The van der Waals surface area contributed by atoms with E-state index in [4.69, 9.17) is 0 Å². The molecule has 0 spiro atoms. The van der Waals surface area contributed by atoms with Gasteiger partial charge in [0.05, 0.1) is 0 Å². The van der Waals surface area contributed by atoms with Crippen molar-refractivity contribution in [3.05, 3.63) is 0 Å². The van der Waals surface area contributed by atoms with Gasteiger partial charge in [-0.05, 0) is 25.7 Å². The van der Waals surface area contributed by atoms with Gasteiger partial charge in [0.25, 0.3) is 0 Å². The van der Waals surface area contributed by atoms with Crippen LogP contribution in [0.3, 0.4) is 0 Å². The van der Waals surface area contributed by atoms with Crippen LogP contribution in [0.2, 0.25) is 0 Å². The van der Waals surface area contributed by atoms with Crippen molar-refractivity contribution >= 4 is 11.8 Å². The molecular formula is C11H18N2O2. The zero-order valence-corrected chi connectivity index (χ0v) is 9.49. The van der Waals surface area contributed by atoms with Crippen LogP contribution in [0.4, 0.5) is 0 Å². The van der Waals surface area contributed by atoms with Crippen molar-refractivity contribution in [1.82, 2.24) is 10.2 Å². The van der Waals surface area contributed by atoms with Gasteiger partial charge in [-0.1, -0.05) is 13.8 Å². The van der Waals surface area contributed by atoms with E-state index in [2.05, 4.69) is 12.2 Å². The van der Waals surface area contributed by atoms with E-state index < -0.39 is 0 Å². The molecule has 2 amide bonds. The summed E-state index contributed by atoms with van der Waals surface area (Å²) in [5, 5.41) is 2.76. The molecule has 0 aromatic heterocycles. The van der Waals surface area contributed by atoms with Gasteiger partial charge in [0.2, 0.25) is 11.8 Å². The number of amides is 2. The molecule has 1 aliphatic heterocycles. The average molecular weight is 210 g/mol. The summed E-state index contributed by atoms with van der Waals surface area (Å²) in [6, 6.07) is -0.302. The highest BCUT2D eigenvalue weighted by Crippen LogP contribution is 2.37. The minimum Gasteiger partial charge on any atom is -0.343 e. The lowest BCUT2D eigenvalue weighted by atomic mass is 10.1. The molecule has 0 aromatic carbocycles. The van der Waals surface area contributed by atoms with E-state index in [9.17, 15) is 9.59 Å². The molecule has 1 N–H and O–H groups in total. The van der Waals surface area contributed by atoms with Crippen LogP contribution in [-0.4, -0.2) is 34.8 Å². The molecule has 2 aliphatic rings. The summed E-state index contributed by atoms with van der Waals surface area (Å²) < 4.78 is 0. The number of piperazine rings is 1. The number of carbonyl (C=O) groups excluding carboxylic acids is 2. The van der Waals surface area contributed by atoms with E-state index in [0.29, 0.717) is 18.4 Å². The fraction of sp³-hybridized carbons (Fsp3) is 0.818.